The van der Waals surface area contributed by atoms with Crippen molar-refractivity contribution in [3.8, 4) is 17.1 Å². The van der Waals surface area contributed by atoms with Gasteiger partial charge in [0.15, 0.2) is 11.0 Å². The van der Waals surface area contributed by atoms with Gasteiger partial charge >= 0.3 is 6.18 Å². The average Bonchev–Trinajstić information content (AvgIpc) is 3.43. The molecule has 3 aromatic carbocycles. The second-order valence-electron chi connectivity index (χ2n) is 11.1. The van der Waals surface area contributed by atoms with Crippen LogP contribution in [0.15, 0.2) is 78.0 Å². The van der Waals surface area contributed by atoms with Gasteiger partial charge in [-0.3, -0.25) is 14.2 Å². The van der Waals surface area contributed by atoms with Crippen molar-refractivity contribution in [2.75, 3.05) is 25.4 Å². The molecule has 0 radical (unpaired) electrons. The van der Waals surface area contributed by atoms with E-state index >= 15 is 0 Å². The van der Waals surface area contributed by atoms with Crippen LogP contribution in [-0.2, 0) is 11.0 Å². The summed E-state index contributed by atoms with van der Waals surface area (Å²) in [5, 5.41) is 9.74. The number of alkyl halides is 3. The summed E-state index contributed by atoms with van der Waals surface area (Å²) in [4.78, 5) is 29.4. The van der Waals surface area contributed by atoms with Crippen molar-refractivity contribution in [2.45, 2.75) is 51.0 Å². The molecule has 1 unspecified atom stereocenters. The number of benzene rings is 3. The van der Waals surface area contributed by atoms with Crippen LogP contribution in [0.3, 0.4) is 0 Å². The van der Waals surface area contributed by atoms with Gasteiger partial charge in [-0.15, -0.1) is 10.2 Å². The third-order valence-electron chi connectivity index (χ3n) is 7.70. The first kappa shape index (κ1) is 31.3. The summed E-state index contributed by atoms with van der Waals surface area (Å²) in [7, 11) is 0. The molecule has 2 heterocycles. The van der Waals surface area contributed by atoms with Crippen LogP contribution in [0.1, 0.15) is 46.8 Å². The molecule has 1 aliphatic rings. The lowest BCUT2D eigenvalue weighted by Gasteiger charge is -2.40. The first-order valence-corrected chi connectivity index (χ1v) is 15.5. The van der Waals surface area contributed by atoms with E-state index in [0.29, 0.717) is 38.2 Å². The largest absolute Gasteiger partial charge is 0.416 e. The third kappa shape index (κ3) is 7.15. The number of aryl methyl sites for hydroxylation is 2. The highest BCUT2D eigenvalue weighted by molar-refractivity contribution is 7.99. The van der Waals surface area contributed by atoms with Crippen LogP contribution in [0.5, 0.6) is 0 Å². The van der Waals surface area contributed by atoms with E-state index in [-0.39, 0.29) is 23.4 Å². The topological polar surface area (TPSA) is 71.3 Å². The Bertz CT molecular complexity index is 1600. The third-order valence-corrected chi connectivity index (χ3v) is 8.72. The second kappa shape index (κ2) is 13.3. The van der Waals surface area contributed by atoms with Gasteiger partial charge in [-0.2, -0.15) is 13.2 Å². The molecule has 7 nitrogen and oxygen atoms in total. The fourth-order valence-corrected chi connectivity index (χ4v) is 6.07. The van der Waals surface area contributed by atoms with E-state index in [0.717, 1.165) is 45.5 Å². The van der Waals surface area contributed by atoms with Crippen molar-refractivity contribution in [1.82, 2.24) is 24.6 Å². The van der Waals surface area contributed by atoms with Crippen molar-refractivity contribution in [3.63, 3.8) is 0 Å². The zero-order chi connectivity index (χ0) is 31.4. The molecule has 2 amide bonds. The van der Waals surface area contributed by atoms with Crippen molar-refractivity contribution in [3.05, 3.63) is 95.1 Å². The Balaban J connectivity index is 1.16. The summed E-state index contributed by atoms with van der Waals surface area (Å²) in [5.74, 6) is 1.10. The Labute approximate surface area is 259 Å². The molecule has 5 rings (SSSR count). The first-order valence-electron chi connectivity index (χ1n) is 14.5. The summed E-state index contributed by atoms with van der Waals surface area (Å²) >= 11 is 1.55. The molecule has 1 aromatic heterocycles. The number of nitrogens with zero attached hydrogens (tertiary/aromatic N) is 5. The lowest BCUT2D eigenvalue weighted by atomic mass is 10.1. The minimum Gasteiger partial charge on any atom is -0.339 e. The van der Waals surface area contributed by atoms with Gasteiger partial charge in [0.1, 0.15) is 0 Å². The maximum Gasteiger partial charge on any atom is 0.416 e. The zero-order valence-corrected chi connectivity index (χ0v) is 25.7. The minimum atomic E-state index is -4.46. The molecule has 44 heavy (non-hydrogen) atoms. The lowest BCUT2D eigenvalue weighted by Crippen LogP contribution is -2.55. The van der Waals surface area contributed by atoms with Crippen molar-refractivity contribution in [2.24, 2.45) is 0 Å². The quantitative estimate of drug-likeness (QED) is 0.160. The minimum absolute atomic E-state index is 0.0134. The molecule has 0 spiro atoms. The lowest BCUT2D eigenvalue weighted by molar-refractivity contribution is -0.137. The number of amides is 2. The van der Waals surface area contributed by atoms with Crippen LogP contribution in [0.25, 0.3) is 17.1 Å². The van der Waals surface area contributed by atoms with E-state index in [4.69, 9.17) is 0 Å². The molecule has 230 valence electrons. The molecule has 1 aliphatic heterocycles. The molecule has 1 fully saturated rings. The van der Waals surface area contributed by atoms with Crippen LogP contribution in [0.2, 0.25) is 0 Å². The Kier molecular flexibility index (Phi) is 9.43. The Morgan fingerprint density at radius 1 is 0.886 bits per heavy atom. The number of thioether (sulfide) groups is 1. The Morgan fingerprint density at radius 2 is 1.52 bits per heavy atom. The fraction of sp³-hybridized carbons (Fsp3) is 0.333. The summed E-state index contributed by atoms with van der Waals surface area (Å²) in [6.07, 6.45) is -3.46. The summed E-state index contributed by atoms with van der Waals surface area (Å²) in [6, 6.07) is 20.4. The molecule has 0 saturated carbocycles. The van der Waals surface area contributed by atoms with Crippen molar-refractivity contribution in [1.29, 1.82) is 0 Å². The van der Waals surface area contributed by atoms with E-state index in [2.05, 4.69) is 22.3 Å². The SMILES string of the molecule is Cc1ccc(-c2nnc(SCCCC(=O)N3CCN(C(=O)c4ccc(C(F)(F)F)cc4)C(C)C3)n2-c2ccc(C)cc2)cc1. The normalized spacial score (nSPS) is 15.5. The molecular formula is C33H34F3N5O2S. The second-order valence-corrected chi connectivity index (χ2v) is 12.1. The summed E-state index contributed by atoms with van der Waals surface area (Å²) < 4.78 is 40.7. The van der Waals surface area contributed by atoms with Crippen LogP contribution in [0, 0.1) is 13.8 Å². The Morgan fingerprint density at radius 3 is 2.14 bits per heavy atom. The monoisotopic (exact) mass is 621 g/mol. The van der Waals surface area contributed by atoms with Gasteiger partial charge in [-0.05, 0) is 63.6 Å². The number of hydrogen-bond donors (Lipinski definition) is 0. The van der Waals surface area contributed by atoms with Gasteiger partial charge in [-0.25, -0.2) is 0 Å². The summed E-state index contributed by atoms with van der Waals surface area (Å²) in [6.45, 7) is 7.01. The number of carbonyl (C=O) groups excluding carboxylic acids is 2. The summed E-state index contributed by atoms with van der Waals surface area (Å²) in [5.41, 5.74) is 3.66. The highest BCUT2D eigenvalue weighted by Crippen LogP contribution is 2.30. The molecule has 4 aromatic rings. The predicted molar refractivity (Wildman–Crippen MR) is 165 cm³/mol. The number of aromatic nitrogens is 3. The van der Waals surface area contributed by atoms with Gasteiger partial charge in [-0.1, -0.05) is 59.3 Å². The van der Waals surface area contributed by atoms with E-state index in [9.17, 15) is 22.8 Å². The molecule has 1 atom stereocenters. The molecule has 0 N–H and O–H groups in total. The molecular weight excluding hydrogens is 587 g/mol. The number of piperazine rings is 1. The van der Waals surface area contributed by atoms with E-state index < -0.39 is 11.7 Å². The van der Waals surface area contributed by atoms with E-state index in [1.54, 1.807) is 21.6 Å². The maximum absolute atomic E-state index is 13.0. The zero-order valence-electron chi connectivity index (χ0n) is 24.8. The predicted octanol–water partition coefficient (Wildman–Crippen LogP) is 6.82. The highest BCUT2D eigenvalue weighted by atomic mass is 32.2. The maximum atomic E-state index is 13.0. The molecule has 0 bridgehead atoms. The average molecular weight is 622 g/mol. The van der Waals surface area contributed by atoms with Crippen LogP contribution < -0.4 is 0 Å². The van der Waals surface area contributed by atoms with Gasteiger partial charge in [0.25, 0.3) is 5.91 Å². The molecule has 11 heteroatoms. The van der Waals surface area contributed by atoms with E-state index in [1.165, 1.54) is 12.1 Å². The Hall–Kier alpha value is -4.12. The molecule has 0 aliphatic carbocycles. The smallest absolute Gasteiger partial charge is 0.339 e. The van der Waals surface area contributed by atoms with Gasteiger partial charge in [0.05, 0.1) is 5.56 Å². The first-order chi connectivity index (χ1) is 21.0. The van der Waals surface area contributed by atoms with Gasteiger partial charge < -0.3 is 9.80 Å². The fourth-order valence-electron chi connectivity index (χ4n) is 5.18. The van der Waals surface area contributed by atoms with Gasteiger partial charge in [0, 0.05) is 54.7 Å². The molecule has 1 saturated heterocycles. The standard InChI is InChI=1S/C33H34F3N5O2S/c1-22-6-10-25(11-7-22)30-37-38-32(41(30)28-16-8-23(2)9-17-28)44-20-4-5-29(42)39-18-19-40(24(3)21-39)31(43)26-12-14-27(15-13-26)33(34,35)36/h6-17,24H,4-5,18-21H2,1-3H3. The number of halogens is 3. The number of carbonyl (C=O) groups is 2. The van der Waals surface area contributed by atoms with Gasteiger partial charge in [0.2, 0.25) is 5.91 Å². The van der Waals surface area contributed by atoms with Crippen LogP contribution in [-0.4, -0.2) is 67.8 Å². The van der Waals surface area contributed by atoms with Crippen molar-refractivity contribution >= 4 is 23.6 Å². The van der Waals surface area contributed by atoms with Crippen molar-refractivity contribution < 1.29 is 22.8 Å². The highest BCUT2D eigenvalue weighted by Gasteiger charge is 2.32. The number of hydrogen-bond acceptors (Lipinski definition) is 5. The number of rotatable bonds is 8. The van der Waals surface area contributed by atoms with E-state index in [1.807, 2.05) is 61.7 Å². The van der Waals surface area contributed by atoms with Crippen LogP contribution >= 0.6 is 11.8 Å². The van der Waals surface area contributed by atoms with Crippen LogP contribution in [0.4, 0.5) is 13.2 Å².